The van der Waals surface area contributed by atoms with Crippen molar-refractivity contribution in [1.82, 2.24) is 0 Å². The number of hydrogen-bond donors (Lipinski definition) is 0. The SMILES string of the molecule is COC(=O)c1ccccc1OCCc1ccc(OCC(=O)[As](Cc2ccc(C(F)(F)F)cc2)CC(C)C)cc1. The van der Waals surface area contributed by atoms with Crippen molar-refractivity contribution in [3.05, 3.63) is 95.1 Å². The first-order valence-electron chi connectivity index (χ1n) is 12.5. The maximum absolute atomic E-state index is 13.0. The third kappa shape index (κ3) is 9.46. The zero-order valence-electron chi connectivity index (χ0n) is 22.2. The van der Waals surface area contributed by atoms with Gasteiger partial charge >= 0.3 is 197 Å². The number of alkyl halides is 3. The van der Waals surface area contributed by atoms with Gasteiger partial charge in [-0.1, -0.05) is 12.1 Å². The summed E-state index contributed by atoms with van der Waals surface area (Å²) in [5.74, 6) is 0.876. The van der Waals surface area contributed by atoms with E-state index in [4.69, 9.17) is 14.2 Å². The molecule has 0 aliphatic rings. The van der Waals surface area contributed by atoms with Crippen molar-refractivity contribution >= 4 is 25.2 Å². The summed E-state index contributed by atoms with van der Waals surface area (Å²) in [6.45, 7) is 4.39. The van der Waals surface area contributed by atoms with E-state index in [9.17, 15) is 22.8 Å². The van der Waals surface area contributed by atoms with E-state index in [2.05, 4.69) is 0 Å². The maximum atomic E-state index is 13.0. The van der Waals surface area contributed by atoms with Crippen LogP contribution in [0, 0.1) is 5.92 Å². The molecule has 9 heteroatoms. The Hall–Kier alpha value is -3.25. The van der Waals surface area contributed by atoms with Crippen molar-refractivity contribution in [1.29, 1.82) is 0 Å². The minimum absolute atomic E-state index is 0.0536. The zero-order valence-corrected chi connectivity index (χ0v) is 24.0. The molecule has 0 N–H and O–H groups in total. The third-order valence-electron chi connectivity index (χ3n) is 5.82. The molecule has 39 heavy (non-hydrogen) atoms. The fourth-order valence-corrected chi connectivity index (χ4v) is 8.66. The fraction of sp³-hybridized carbons (Fsp3) is 0.333. The average Bonchev–Trinajstić information content (AvgIpc) is 2.91. The zero-order chi connectivity index (χ0) is 28.4. The molecule has 3 aromatic rings. The van der Waals surface area contributed by atoms with Crippen LogP contribution in [0.1, 0.15) is 40.9 Å². The van der Waals surface area contributed by atoms with E-state index in [0.717, 1.165) is 28.5 Å². The topological polar surface area (TPSA) is 61.8 Å². The summed E-state index contributed by atoms with van der Waals surface area (Å²) in [4.78, 5) is 24.9. The summed E-state index contributed by atoms with van der Waals surface area (Å²) in [6, 6.07) is 19.3. The van der Waals surface area contributed by atoms with Gasteiger partial charge in [-0.25, -0.2) is 4.79 Å². The molecule has 0 radical (unpaired) electrons. The van der Waals surface area contributed by atoms with Gasteiger partial charge in [0.25, 0.3) is 0 Å². The predicted octanol–water partition coefficient (Wildman–Crippen LogP) is 6.53. The van der Waals surface area contributed by atoms with Crippen LogP contribution in [0.5, 0.6) is 11.5 Å². The number of benzene rings is 3. The first kappa shape index (κ1) is 30.3. The molecular formula is C30H32AsF3O5. The van der Waals surface area contributed by atoms with Gasteiger partial charge < -0.3 is 4.74 Å². The number of halogens is 3. The van der Waals surface area contributed by atoms with E-state index in [1.165, 1.54) is 19.2 Å². The Morgan fingerprint density at radius 3 is 2.13 bits per heavy atom. The van der Waals surface area contributed by atoms with Gasteiger partial charge in [0.2, 0.25) is 0 Å². The van der Waals surface area contributed by atoms with Crippen LogP contribution < -0.4 is 9.47 Å². The molecule has 0 aromatic heterocycles. The molecule has 5 nitrogen and oxygen atoms in total. The second-order valence-electron chi connectivity index (χ2n) is 9.38. The Kier molecular flexibility index (Phi) is 11.0. The Morgan fingerprint density at radius 2 is 1.51 bits per heavy atom. The summed E-state index contributed by atoms with van der Waals surface area (Å²) in [7, 11) is 1.32. The van der Waals surface area contributed by atoms with Crippen molar-refractivity contribution < 1.29 is 37.0 Å². The Labute approximate surface area is 231 Å². The Morgan fingerprint density at radius 1 is 0.872 bits per heavy atom. The number of para-hydroxylation sites is 1. The van der Waals surface area contributed by atoms with Crippen LogP contribution in [-0.2, 0) is 27.3 Å². The van der Waals surface area contributed by atoms with Crippen molar-refractivity contribution in [3.8, 4) is 11.5 Å². The number of esters is 1. The van der Waals surface area contributed by atoms with Gasteiger partial charge in [-0.05, 0) is 6.07 Å². The molecule has 0 aliphatic carbocycles. The average molecular weight is 604 g/mol. The molecule has 3 aromatic carbocycles. The van der Waals surface area contributed by atoms with Gasteiger partial charge in [0.05, 0.1) is 7.11 Å². The van der Waals surface area contributed by atoms with Gasteiger partial charge in [0.1, 0.15) is 0 Å². The van der Waals surface area contributed by atoms with Crippen molar-refractivity contribution in [2.24, 2.45) is 5.92 Å². The monoisotopic (exact) mass is 604 g/mol. The van der Waals surface area contributed by atoms with E-state index < -0.39 is 32.4 Å². The van der Waals surface area contributed by atoms with Crippen molar-refractivity contribution in [3.63, 3.8) is 0 Å². The van der Waals surface area contributed by atoms with Gasteiger partial charge in [-0.2, -0.15) is 0 Å². The van der Waals surface area contributed by atoms with Gasteiger partial charge in [0.15, 0.2) is 0 Å². The molecule has 208 valence electrons. The summed E-state index contributed by atoms with van der Waals surface area (Å²) in [5.41, 5.74) is 1.42. The third-order valence-corrected chi connectivity index (χ3v) is 11.6. The molecule has 1 atom stereocenters. The number of methoxy groups -OCH3 is 1. The molecule has 0 fully saturated rings. The molecular weight excluding hydrogens is 572 g/mol. The van der Waals surface area contributed by atoms with Gasteiger partial charge in [-0.3, -0.25) is 0 Å². The van der Waals surface area contributed by atoms with Crippen LogP contribution in [-0.4, -0.2) is 45.5 Å². The normalized spacial score (nSPS) is 12.2. The number of ether oxygens (including phenoxy) is 3. The van der Waals surface area contributed by atoms with Crippen LogP contribution >= 0.6 is 0 Å². The summed E-state index contributed by atoms with van der Waals surface area (Å²) in [6.07, 6.45) is -3.78. The second kappa shape index (κ2) is 14.2. The fourth-order valence-electron chi connectivity index (χ4n) is 3.85. The van der Waals surface area contributed by atoms with Crippen LogP contribution in [0.3, 0.4) is 0 Å². The number of hydrogen-bond acceptors (Lipinski definition) is 5. The van der Waals surface area contributed by atoms with Crippen LogP contribution in [0.15, 0.2) is 72.8 Å². The number of carbonyl (C=O) groups excluding carboxylic acids is 2. The predicted molar refractivity (Wildman–Crippen MR) is 144 cm³/mol. The molecule has 0 saturated heterocycles. The molecule has 3 rings (SSSR count). The van der Waals surface area contributed by atoms with Gasteiger partial charge in [-0.15, -0.1) is 0 Å². The second-order valence-corrected chi connectivity index (χ2v) is 14.1. The molecule has 0 aliphatic heterocycles. The number of rotatable bonds is 13. The van der Waals surface area contributed by atoms with E-state index >= 15 is 0 Å². The molecule has 0 saturated carbocycles. The number of carbonyl (C=O) groups is 2. The van der Waals surface area contributed by atoms with E-state index in [1.54, 1.807) is 36.4 Å². The van der Waals surface area contributed by atoms with Crippen molar-refractivity contribution in [2.45, 2.75) is 36.9 Å². The summed E-state index contributed by atoms with van der Waals surface area (Å²) < 4.78 is 55.0. The Balaban J connectivity index is 1.52. The van der Waals surface area contributed by atoms with E-state index in [0.29, 0.717) is 41.2 Å². The van der Waals surface area contributed by atoms with Crippen molar-refractivity contribution in [2.75, 3.05) is 20.3 Å². The Bertz CT molecular complexity index is 1220. The molecule has 0 spiro atoms. The van der Waals surface area contributed by atoms with Crippen LogP contribution in [0.4, 0.5) is 13.2 Å². The van der Waals surface area contributed by atoms with Gasteiger partial charge in [0, 0.05) is 0 Å². The quantitative estimate of drug-likeness (QED) is 0.164. The van der Waals surface area contributed by atoms with E-state index in [1.807, 2.05) is 26.0 Å². The molecule has 1 unspecified atom stereocenters. The molecule has 0 bridgehead atoms. The summed E-state index contributed by atoms with van der Waals surface area (Å²) >= 11 is -2.06. The molecule has 0 heterocycles. The summed E-state index contributed by atoms with van der Waals surface area (Å²) in [5, 5.41) is 1.26. The minimum atomic E-state index is -4.38. The first-order valence-corrected chi connectivity index (χ1v) is 16.1. The standard InChI is InChI=1S/C30H32AsF3O5/c1-21(2)18-31(19-23-8-12-24(13-9-23)30(32,33)34)28(35)20-39-25-14-10-22(11-15-25)16-17-38-27-7-5-4-6-26(27)29(36)37-3/h4-15,21H,16-20H2,1-3H3. The first-order chi connectivity index (χ1) is 18.6. The van der Waals surface area contributed by atoms with Crippen LogP contribution in [0.2, 0.25) is 5.21 Å². The van der Waals surface area contributed by atoms with Crippen LogP contribution in [0.25, 0.3) is 0 Å². The van der Waals surface area contributed by atoms with E-state index in [-0.39, 0.29) is 11.2 Å². The molecule has 0 amide bonds.